The van der Waals surface area contributed by atoms with Gasteiger partial charge in [0.25, 0.3) is 0 Å². The first kappa shape index (κ1) is 21.0. The highest BCUT2D eigenvalue weighted by Gasteiger charge is 2.23. The zero-order valence-electron chi connectivity index (χ0n) is 15.6. The Hall–Kier alpha value is -3.35. The van der Waals surface area contributed by atoms with Crippen LogP contribution in [-0.4, -0.2) is 36.1 Å². The number of ether oxygens (including phenoxy) is 2. The van der Waals surface area contributed by atoms with Gasteiger partial charge >= 0.3 is 11.9 Å². The van der Waals surface area contributed by atoms with Crippen LogP contribution in [0, 0.1) is 0 Å². The molecule has 1 amide bonds. The van der Waals surface area contributed by atoms with Crippen LogP contribution in [0.25, 0.3) is 0 Å². The van der Waals surface area contributed by atoms with Gasteiger partial charge in [-0.25, -0.2) is 4.79 Å². The molecule has 0 aromatic heterocycles. The third-order valence-electron chi connectivity index (χ3n) is 4.00. The first-order valence-corrected chi connectivity index (χ1v) is 8.82. The second kappa shape index (κ2) is 10.7. The van der Waals surface area contributed by atoms with E-state index < -0.39 is 23.9 Å². The third-order valence-corrected chi connectivity index (χ3v) is 4.00. The van der Waals surface area contributed by atoms with Gasteiger partial charge in [-0.1, -0.05) is 42.5 Å². The van der Waals surface area contributed by atoms with E-state index in [1.165, 1.54) is 19.2 Å². The molecule has 2 rings (SSSR count). The summed E-state index contributed by atoms with van der Waals surface area (Å²) in [6.07, 6.45) is 0.0237. The van der Waals surface area contributed by atoms with Gasteiger partial charge in [0.05, 0.1) is 13.5 Å². The summed E-state index contributed by atoms with van der Waals surface area (Å²) < 4.78 is 9.85. The van der Waals surface area contributed by atoms with E-state index in [0.29, 0.717) is 0 Å². The third kappa shape index (κ3) is 7.11. The summed E-state index contributed by atoms with van der Waals surface area (Å²) in [5.41, 5.74) is 1.57. The molecule has 7 nitrogen and oxygen atoms in total. The summed E-state index contributed by atoms with van der Waals surface area (Å²) in [6.45, 7) is 0.0871. The highest BCUT2D eigenvalue weighted by Crippen LogP contribution is 2.13. The number of aromatic hydroxyl groups is 1. The molecule has 0 aliphatic rings. The predicted molar refractivity (Wildman–Crippen MR) is 101 cm³/mol. The molecular weight excluding hydrogens is 362 g/mol. The largest absolute Gasteiger partial charge is 0.508 e. The molecule has 0 unspecified atom stereocenters. The molecule has 2 aromatic rings. The van der Waals surface area contributed by atoms with Gasteiger partial charge in [0.1, 0.15) is 18.4 Å². The zero-order chi connectivity index (χ0) is 20.4. The van der Waals surface area contributed by atoms with Crippen molar-refractivity contribution in [2.45, 2.75) is 31.9 Å². The van der Waals surface area contributed by atoms with E-state index in [4.69, 9.17) is 4.74 Å². The van der Waals surface area contributed by atoms with Gasteiger partial charge in [-0.15, -0.1) is 0 Å². The van der Waals surface area contributed by atoms with Crippen LogP contribution in [-0.2, 0) is 36.9 Å². The molecule has 7 heteroatoms. The molecule has 0 aliphatic carbocycles. The van der Waals surface area contributed by atoms with Crippen molar-refractivity contribution >= 4 is 17.8 Å². The number of nitrogens with one attached hydrogen (secondary N) is 1. The minimum Gasteiger partial charge on any atom is -0.508 e. The van der Waals surface area contributed by atoms with Gasteiger partial charge in [0, 0.05) is 12.8 Å². The van der Waals surface area contributed by atoms with Gasteiger partial charge < -0.3 is 19.9 Å². The van der Waals surface area contributed by atoms with E-state index in [2.05, 4.69) is 10.1 Å². The van der Waals surface area contributed by atoms with Crippen molar-refractivity contribution in [2.24, 2.45) is 0 Å². The molecule has 0 saturated carbocycles. The first-order chi connectivity index (χ1) is 13.5. The number of phenolic OH excluding ortho intramolecular Hbond substituents is 1. The number of carbonyl (C=O) groups excluding carboxylic acids is 3. The number of hydrogen-bond acceptors (Lipinski definition) is 6. The summed E-state index contributed by atoms with van der Waals surface area (Å²) in [5, 5.41) is 12.0. The van der Waals surface area contributed by atoms with Gasteiger partial charge in [-0.3, -0.25) is 9.59 Å². The standard InChI is InChI=1S/C21H23NO6/c1-27-20(25)12-11-19(24)22-18(13-15-7-9-17(23)10-8-15)21(26)28-14-16-5-3-2-4-6-16/h2-10,18,23H,11-14H2,1H3,(H,22,24)/t18-/m0/s1. The number of benzene rings is 2. The predicted octanol–water partition coefficient (Wildman–Crippen LogP) is 2.12. The molecule has 2 aromatic carbocycles. The van der Waals surface area contributed by atoms with Crippen molar-refractivity contribution in [1.29, 1.82) is 0 Å². The molecule has 0 aliphatic heterocycles. The lowest BCUT2D eigenvalue weighted by Gasteiger charge is -2.18. The van der Waals surface area contributed by atoms with Crippen molar-refractivity contribution in [2.75, 3.05) is 7.11 Å². The van der Waals surface area contributed by atoms with Gasteiger partial charge in [0.15, 0.2) is 0 Å². The number of phenols is 1. The Kier molecular flexibility index (Phi) is 8.02. The first-order valence-electron chi connectivity index (χ1n) is 8.82. The molecule has 1 atom stereocenters. The Bertz CT molecular complexity index is 788. The second-order valence-electron chi connectivity index (χ2n) is 6.16. The maximum Gasteiger partial charge on any atom is 0.329 e. The Morgan fingerprint density at radius 3 is 2.29 bits per heavy atom. The van der Waals surface area contributed by atoms with Crippen LogP contribution < -0.4 is 5.32 Å². The lowest BCUT2D eigenvalue weighted by molar-refractivity contribution is -0.149. The van der Waals surface area contributed by atoms with Crippen LogP contribution in [0.15, 0.2) is 54.6 Å². The Morgan fingerprint density at radius 1 is 0.964 bits per heavy atom. The summed E-state index contributed by atoms with van der Waals surface area (Å²) >= 11 is 0. The van der Waals surface area contributed by atoms with Crippen LogP contribution in [0.3, 0.4) is 0 Å². The molecule has 148 valence electrons. The van der Waals surface area contributed by atoms with Crippen molar-refractivity contribution < 1.29 is 29.0 Å². The Morgan fingerprint density at radius 2 is 1.64 bits per heavy atom. The molecule has 0 spiro atoms. The quantitative estimate of drug-likeness (QED) is 0.641. The molecule has 0 fully saturated rings. The summed E-state index contributed by atoms with van der Waals surface area (Å²) in [5.74, 6) is -1.43. The van der Waals surface area contributed by atoms with E-state index in [1.54, 1.807) is 12.1 Å². The Balaban J connectivity index is 2.01. The van der Waals surface area contributed by atoms with Gasteiger partial charge in [0.2, 0.25) is 5.91 Å². The maximum absolute atomic E-state index is 12.5. The van der Waals surface area contributed by atoms with E-state index in [-0.39, 0.29) is 31.6 Å². The lowest BCUT2D eigenvalue weighted by Crippen LogP contribution is -2.43. The van der Waals surface area contributed by atoms with Crippen LogP contribution in [0.5, 0.6) is 5.75 Å². The number of amides is 1. The van der Waals surface area contributed by atoms with Gasteiger partial charge in [-0.2, -0.15) is 0 Å². The van der Waals surface area contributed by atoms with Gasteiger partial charge in [-0.05, 0) is 23.3 Å². The van der Waals surface area contributed by atoms with Crippen molar-refractivity contribution in [3.8, 4) is 5.75 Å². The molecule has 0 heterocycles. The minimum absolute atomic E-state index is 0.0761. The van der Waals surface area contributed by atoms with E-state index in [9.17, 15) is 19.5 Å². The average molecular weight is 385 g/mol. The summed E-state index contributed by atoms with van der Waals surface area (Å²) in [7, 11) is 1.24. The molecule has 28 heavy (non-hydrogen) atoms. The minimum atomic E-state index is -0.918. The number of rotatable bonds is 9. The fourth-order valence-corrected chi connectivity index (χ4v) is 2.47. The maximum atomic E-state index is 12.5. The second-order valence-corrected chi connectivity index (χ2v) is 6.16. The lowest BCUT2D eigenvalue weighted by atomic mass is 10.1. The summed E-state index contributed by atoms with van der Waals surface area (Å²) in [6, 6.07) is 14.6. The number of carbonyl (C=O) groups is 3. The van der Waals surface area contributed by atoms with Crippen molar-refractivity contribution in [1.82, 2.24) is 5.32 Å². The Labute approximate surface area is 163 Å². The van der Waals surface area contributed by atoms with E-state index in [0.717, 1.165) is 11.1 Å². The SMILES string of the molecule is COC(=O)CCC(=O)N[C@@H](Cc1ccc(O)cc1)C(=O)OCc1ccccc1. The fraction of sp³-hybridized carbons (Fsp3) is 0.286. The molecule has 2 N–H and O–H groups in total. The zero-order valence-corrected chi connectivity index (χ0v) is 15.6. The number of methoxy groups -OCH3 is 1. The van der Waals surface area contributed by atoms with E-state index >= 15 is 0 Å². The topological polar surface area (TPSA) is 102 Å². The number of hydrogen-bond donors (Lipinski definition) is 2. The number of esters is 2. The highest BCUT2D eigenvalue weighted by molar-refractivity contribution is 5.86. The normalized spacial score (nSPS) is 11.3. The van der Waals surface area contributed by atoms with Crippen molar-refractivity contribution in [3.63, 3.8) is 0 Å². The van der Waals surface area contributed by atoms with Crippen LogP contribution in [0.2, 0.25) is 0 Å². The van der Waals surface area contributed by atoms with E-state index in [1.807, 2.05) is 30.3 Å². The van der Waals surface area contributed by atoms with Crippen molar-refractivity contribution in [3.05, 3.63) is 65.7 Å². The smallest absolute Gasteiger partial charge is 0.329 e. The molecular formula is C21H23NO6. The summed E-state index contributed by atoms with van der Waals surface area (Å²) in [4.78, 5) is 35.9. The van der Waals surface area contributed by atoms with Crippen LogP contribution in [0.1, 0.15) is 24.0 Å². The molecule has 0 saturated heterocycles. The molecule has 0 bridgehead atoms. The highest BCUT2D eigenvalue weighted by atomic mass is 16.5. The fourth-order valence-electron chi connectivity index (χ4n) is 2.47. The van der Waals surface area contributed by atoms with Crippen LogP contribution >= 0.6 is 0 Å². The average Bonchev–Trinajstić information content (AvgIpc) is 2.72. The monoisotopic (exact) mass is 385 g/mol. The van der Waals surface area contributed by atoms with Crippen LogP contribution in [0.4, 0.5) is 0 Å². The molecule has 0 radical (unpaired) electrons.